The van der Waals surface area contributed by atoms with Crippen LogP contribution in [-0.4, -0.2) is 46.7 Å². The van der Waals surface area contributed by atoms with E-state index in [4.69, 9.17) is 0 Å². The number of rotatable bonds is 6. The largest absolute Gasteiger partial charge is 0.480 e. The van der Waals surface area contributed by atoms with E-state index in [0.29, 0.717) is 18.5 Å². The number of carbonyl (C=O) groups is 1. The maximum atomic E-state index is 11.6. The van der Waals surface area contributed by atoms with E-state index in [-0.39, 0.29) is 0 Å². The first-order valence-corrected chi connectivity index (χ1v) is 8.16. The van der Waals surface area contributed by atoms with Gasteiger partial charge in [-0.1, -0.05) is 6.92 Å². The van der Waals surface area contributed by atoms with Crippen LogP contribution in [0.5, 0.6) is 0 Å². The number of nitrogens with zero attached hydrogens (tertiary/aromatic N) is 1. The van der Waals surface area contributed by atoms with Gasteiger partial charge in [-0.05, 0) is 71.4 Å². The monoisotopic (exact) mass is 282 g/mol. The third-order valence-corrected chi connectivity index (χ3v) is 4.95. The number of carboxylic acids is 1. The molecule has 20 heavy (non-hydrogen) atoms. The van der Waals surface area contributed by atoms with Gasteiger partial charge in [0.05, 0.1) is 0 Å². The van der Waals surface area contributed by atoms with Crippen LogP contribution in [0.3, 0.4) is 0 Å². The zero-order chi connectivity index (χ0) is 14.8. The zero-order valence-corrected chi connectivity index (χ0v) is 13.2. The summed E-state index contributed by atoms with van der Waals surface area (Å²) < 4.78 is 0. The standard InChI is InChI=1S/C16H30N2O2/c1-12-5-4-9-18(10-8-12)13(2)11-16(3,15(19)20)17-14-6-7-14/h12-14,17H,4-11H2,1-3H3,(H,19,20). The Kier molecular flexibility index (Phi) is 5.08. The van der Waals surface area contributed by atoms with Crippen LogP contribution in [0.4, 0.5) is 0 Å². The van der Waals surface area contributed by atoms with E-state index in [1.165, 1.54) is 19.3 Å². The minimum atomic E-state index is -0.779. The first-order valence-electron chi connectivity index (χ1n) is 8.16. The van der Waals surface area contributed by atoms with E-state index in [2.05, 4.69) is 24.1 Å². The molecule has 3 unspecified atom stereocenters. The molecule has 1 saturated heterocycles. The van der Waals surface area contributed by atoms with Crippen LogP contribution in [0.25, 0.3) is 0 Å². The summed E-state index contributed by atoms with van der Waals surface area (Å²) in [6.07, 6.45) is 6.72. The molecule has 2 rings (SSSR count). The fourth-order valence-electron chi connectivity index (χ4n) is 3.33. The van der Waals surface area contributed by atoms with Gasteiger partial charge in [0.2, 0.25) is 0 Å². The first-order chi connectivity index (χ1) is 9.40. The summed E-state index contributed by atoms with van der Waals surface area (Å²) in [5.41, 5.74) is -0.779. The quantitative estimate of drug-likeness (QED) is 0.786. The smallest absolute Gasteiger partial charge is 0.323 e. The second kappa shape index (κ2) is 6.44. The molecule has 1 heterocycles. The number of likely N-dealkylation sites (tertiary alicyclic amines) is 1. The van der Waals surface area contributed by atoms with Gasteiger partial charge in [-0.3, -0.25) is 10.1 Å². The Morgan fingerprint density at radius 3 is 2.65 bits per heavy atom. The van der Waals surface area contributed by atoms with Gasteiger partial charge in [-0.2, -0.15) is 0 Å². The molecule has 0 aromatic rings. The Morgan fingerprint density at radius 2 is 2.05 bits per heavy atom. The van der Waals surface area contributed by atoms with Gasteiger partial charge in [0.1, 0.15) is 5.54 Å². The molecule has 0 aromatic carbocycles. The third-order valence-electron chi connectivity index (χ3n) is 4.95. The van der Waals surface area contributed by atoms with Crippen LogP contribution in [0.1, 0.15) is 59.3 Å². The summed E-state index contributed by atoms with van der Waals surface area (Å²) in [6.45, 7) is 8.59. The van der Waals surface area contributed by atoms with Crippen molar-refractivity contribution >= 4 is 5.97 Å². The fourth-order valence-corrected chi connectivity index (χ4v) is 3.33. The highest BCUT2D eigenvalue weighted by atomic mass is 16.4. The highest BCUT2D eigenvalue weighted by Gasteiger charge is 2.40. The minimum Gasteiger partial charge on any atom is -0.480 e. The topological polar surface area (TPSA) is 52.6 Å². The summed E-state index contributed by atoms with van der Waals surface area (Å²) in [6, 6.07) is 0.750. The molecule has 0 spiro atoms. The van der Waals surface area contributed by atoms with Crippen molar-refractivity contribution in [1.82, 2.24) is 10.2 Å². The fraction of sp³-hybridized carbons (Fsp3) is 0.938. The molecule has 0 aromatic heterocycles. The zero-order valence-electron chi connectivity index (χ0n) is 13.2. The third kappa shape index (κ3) is 4.19. The molecule has 0 radical (unpaired) electrons. The molecule has 2 fully saturated rings. The van der Waals surface area contributed by atoms with Crippen LogP contribution in [0.15, 0.2) is 0 Å². The summed E-state index contributed by atoms with van der Waals surface area (Å²) in [5, 5.41) is 12.9. The lowest BCUT2D eigenvalue weighted by molar-refractivity contribution is -0.145. The Morgan fingerprint density at radius 1 is 1.35 bits per heavy atom. The summed E-state index contributed by atoms with van der Waals surface area (Å²) in [7, 11) is 0. The molecule has 4 heteroatoms. The maximum absolute atomic E-state index is 11.6. The molecule has 116 valence electrons. The molecule has 2 aliphatic rings. The lowest BCUT2D eigenvalue weighted by Crippen LogP contribution is -2.54. The summed E-state index contributed by atoms with van der Waals surface area (Å²) >= 11 is 0. The van der Waals surface area contributed by atoms with Crippen molar-refractivity contribution in [3.05, 3.63) is 0 Å². The van der Waals surface area contributed by atoms with Crippen molar-refractivity contribution in [2.24, 2.45) is 5.92 Å². The van der Waals surface area contributed by atoms with Crippen LogP contribution < -0.4 is 5.32 Å². The van der Waals surface area contributed by atoms with Crippen molar-refractivity contribution in [1.29, 1.82) is 0 Å². The molecule has 1 aliphatic heterocycles. The van der Waals surface area contributed by atoms with E-state index >= 15 is 0 Å². The van der Waals surface area contributed by atoms with Gasteiger partial charge in [-0.25, -0.2) is 0 Å². The van der Waals surface area contributed by atoms with Crippen LogP contribution in [0.2, 0.25) is 0 Å². The molecule has 1 saturated carbocycles. The van der Waals surface area contributed by atoms with Gasteiger partial charge in [0, 0.05) is 12.1 Å². The molecular weight excluding hydrogens is 252 g/mol. The van der Waals surface area contributed by atoms with Gasteiger partial charge in [-0.15, -0.1) is 0 Å². The Balaban J connectivity index is 1.92. The summed E-state index contributed by atoms with van der Waals surface area (Å²) in [5.74, 6) is 0.0992. The second-order valence-corrected chi connectivity index (χ2v) is 7.18. The van der Waals surface area contributed by atoms with E-state index in [1.807, 2.05) is 6.92 Å². The predicted octanol–water partition coefficient (Wildman–Crippen LogP) is 2.48. The van der Waals surface area contributed by atoms with Gasteiger partial charge < -0.3 is 10.0 Å². The average molecular weight is 282 g/mol. The molecule has 0 bridgehead atoms. The number of hydrogen-bond acceptors (Lipinski definition) is 3. The van der Waals surface area contributed by atoms with Crippen LogP contribution >= 0.6 is 0 Å². The highest BCUT2D eigenvalue weighted by molar-refractivity contribution is 5.78. The predicted molar refractivity (Wildman–Crippen MR) is 80.9 cm³/mol. The van der Waals surface area contributed by atoms with Crippen molar-refractivity contribution in [2.75, 3.05) is 13.1 Å². The normalized spacial score (nSPS) is 29.4. The first kappa shape index (κ1) is 15.8. The lowest BCUT2D eigenvalue weighted by atomic mass is 9.92. The number of hydrogen-bond donors (Lipinski definition) is 2. The minimum absolute atomic E-state index is 0.327. The SMILES string of the molecule is CC1CCCN(C(C)CC(C)(NC2CC2)C(=O)O)CC1. The van der Waals surface area contributed by atoms with Crippen molar-refractivity contribution in [2.45, 2.75) is 76.9 Å². The van der Waals surface area contributed by atoms with E-state index < -0.39 is 11.5 Å². The molecule has 0 amide bonds. The Labute approximate surface area is 122 Å². The molecule has 4 nitrogen and oxygen atoms in total. The highest BCUT2D eigenvalue weighted by Crippen LogP contribution is 2.27. The Hall–Kier alpha value is -0.610. The number of aliphatic carboxylic acids is 1. The maximum Gasteiger partial charge on any atom is 0.323 e. The molecular formula is C16H30N2O2. The van der Waals surface area contributed by atoms with Crippen molar-refractivity contribution in [3.63, 3.8) is 0 Å². The van der Waals surface area contributed by atoms with Gasteiger partial charge in [0.15, 0.2) is 0 Å². The lowest BCUT2D eigenvalue weighted by Gasteiger charge is -2.35. The van der Waals surface area contributed by atoms with Crippen molar-refractivity contribution in [3.8, 4) is 0 Å². The average Bonchev–Trinajstić information content (AvgIpc) is 3.17. The second-order valence-electron chi connectivity index (χ2n) is 7.18. The number of nitrogens with one attached hydrogen (secondary N) is 1. The number of carboxylic acid groups (broad SMARTS) is 1. The van der Waals surface area contributed by atoms with Crippen LogP contribution in [-0.2, 0) is 4.79 Å². The van der Waals surface area contributed by atoms with E-state index in [0.717, 1.165) is 31.8 Å². The molecule has 1 aliphatic carbocycles. The summed E-state index contributed by atoms with van der Waals surface area (Å²) in [4.78, 5) is 14.1. The van der Waals surface area contributed by atoms with Gasteiger partial charge >= 0.3 is 5.97 Å². The molecule has 2 N–H and O–H groups in total. The van der Waals surface area contributed by atoms with E-state index in [9.17, 15) is 9.90 Å². The molecule has 3 atom stereocenters. The van der Waals surface area contributed by atoms with Crippen molar-refractivity contribution < 1.29 is 9.90 Å². The van der Waals surface area contributed by atoms with E-state index in [1.54, 1.807) is 0 Å². The van der Waals surface area contributed by atoms with Gasteiger partial charge in [0.25, 0.3) is 0 Å². The Bertz CT molecular complexity index is 343. The van der Waals surface area contributed by atoms with Crippen LogP contribution in [0, 0.1) is 5.92 Å².